The lowest BCUT2D eigenvalue weighted by Gasteiger charge is -2.33. The van der Waals surface area contributed by atoms with Gasteiger partial charge in [-0.3, -0.25) is 9.48 Å². The number of anilines is 2. The van der Waals surface area contributed by atoms with Gasteiger partial charge >= 0.3 is 0 Å². The Morgan fingerprint density at radius 1 is 1.06 bits per heavy atom. The highest BCUT2D eigenvalue weighted by molar-refractivity contribution is 5.78. The first-order chi connectivity index (χ1) is 16.4. The van der Waals surface area contributed by atoms with E-state index in [9.17, 15) is 13.6 Å². The third kappa shape index (κ3) is 4.81. The van der Waals surface area contributed by atoms with E-state index in [1.165, 1.54) is 5.56 Å². The average Bonchev–Trinajstić information content (AvgIpc) is 3.16. The van der Waals surface area contributed by atoms with Crippen LogP contribution in [0, 0.1) is 0 Å². The molecule has 0 aliphatic carbocycles. The van der Waals surface area contributed by atoms with E-state index in [0.29, 0.717) is 24.1 Å². The van der Waals surface area contributed by atoms with Crippen molar-refractivity contribution in [3.63, 3.8) is 0 Å². The summed E-state index contributed by atoms with van der Waals surface area (Å²) in [6, 6.07) is 9.99. The molecule has 3 heterocycles. The fourth-order valence-corrected chi connectivity index (χ4v) is 5.26. The Bertz CT molecular complexity index is 1220. The van der Waals surface area contributed by atoms with Crippen molar-refractivity contribution < 1.29 is 13.6 Å². The lowest BCUT2D eigenvalue weighted by molar-refractivity contribution is -0.131. The molecule has 0 atom stereocenters. The molecule has 186 valence electrons. The largest absolute Gasteiger partial charge is 0.341 e. The zero-order valence-corrected chi connectivity index (χ0v) is 19.7. The first-order valence-electron chi connectivity index (χ1n) is 12.1. The number of amides is 1. The van der Waals surface area contributed by atoms with Gasteiger partial charge in [0.15, 0.2) is 0 Å². The predicted molar refractivity (Wildman–Crippen MR) is 136 cm³/mol. The van der Waals surface area contributed by atoms with Crippen LogP contribution < -0.4 is 4.90 Å². The summed E-state index contributed by atoms with van der Waals surface area (Å²) in [7, 11) is 1.79. The van der Waals surface area contributed by atoms with Gasteiger partial charge in [-0.1, -0.05) is 20.4 Å². The van der Waals surface area contributed by atoms with Crippen LogP contribution in [0.3, 0.4) is 0 Å². The second-order valence-corrected chi connectivity index (χ2v) is 9.25. The second-order valence-electron chi connectivity index (χ2n) is 9.25. The number of aryl methyl sites for hydroxylation is 3. The van der Waals surface area contributed by atoms with Crippen molar-refractivity contribution in [1.29, 1.82) is 0 Å². The van der Waals surface area contributed by atoms with E-state index in [1.807, 2.05) is 17.9 Å². The third-order valence-electron chi connectivity index (χ3n) is 7.01. The Balaban J connectivity index is 0.00000289. The topological polar surface area (TPSA) is 41.4 Å². The maximum absolute atomic E-state index is 14.2. The molecule has 0 radical (unpaired) electrons. The molecular formula is C28H34F2N4O. The number of carbonyl (C=O) groups is 1. The van der Waals surface area contributed by atoms with Crippen molar-refractivity contribution in [2.75, 3.05) is 18.0 Å². The van der Waals surface area contributed by atoms with Crippen molar-refractivity contribution in [3.05, 3.63) is 65.0 Å². The third-order valence-corrected chi connectivity index (χ3v) is 7.01. The number of rotatable bonds is 4. The van der Waals surface area contributed by atoms with Crippen molar-refractivity contribution >= 4 is 17.3 Å². The highest BCUT2D eigenvalue weighted by Gasteiger charge is 2.26. The Morgan fingerprint density at radius 2 is 1.83 bits per heavy atom. The van der Waals surface area contributed by atoms with Crippen LogP contribution >= 0.6 is 0 Å². The number of carbonyl (C=O) groups excluding carboxylic acids is 1. The predicted octanol–water partition coefficient (Wildman–Crippen LogP) is 6.43. The molecule has 35 heavy (non-hydrogen) atoms. The van der Waals surface area contributed by atoms with Crippen LogP contribution in [-0.4, -0.2) is 33.7 Å². The first-order valence-corrected chi connectivity index (χ1v) is 12.1. The number of hydrogen-bond donors (Lipinski definition) is 0. The number of hydrogen-bond acceptors (Lipinski definition) is 3. The smallest absolute Gasteiger partial charge is 0.264 e. The van der Waals surface area contributed by atoms with E-state index in [-0.39, 0.29) is 18.9 Å². The van der Waals surface area contributed by atoms with Gasteiger partial charge in [-0.15, -0.1) is 0 Å². The monoisotopic (exact) mass is 480 g/mol. The van der Waals surface area contributed by atoms with Crippen LogP contribution in [0.15, 0.2) is 42.7 Å². The summed E-state index contributed by atoms with van der Waals surface area (Å²) in [5, 5.41) is 4.17. The summed E-state index contributed by atoms with van der Waals surface area (Å²) in [5.41, 5.74) is 6.66. The molecule has 2 aromatic carbocycles. The van der Waals surface area contributed by atoms with Crippen LogP contribution in [0.2, 0.25) is 0 Å². The molecule has 0 bridgehead atoms. The van der Waals surface area contributed by atoms with Gasteiger partial charge in [-0.2, -0.15) is 5.10 Å². The van der Waals surface area contributed by atoms with E-state index < -0.39 is 6.43 Å². The number of alkyl halides is 2. The summed E-state index contributed by atoms with van der Waals surface area (Å²) in [5.74, 6) is 0.172. The normalized spacial score (nSPS) is 15.3. The van der Waals surface area contributed by atoms with Crippen LogP contribution in [0.1, 0.15) is 62.3 Å². The van der Waals surface area contributed by atoms with Crippen molar-refractivity contribution in [2.24, 2.45) is 7.05 Å². The fourth-order valence-electron chi connectivity index (χ4n) is 5.26. The van der Waals surface area contributed by atoms with Crippen molar-refractivity contribution in [2.45, 2.75) is 59.4 Å². The number of fused-ring (bicyclic) bond motifs is 2. The molecule has 5 rings (SSSR count). The molecular weight excluding hydrogens is 446 g/mol. The molecule has 2 aliphatic rings. The Labute approximate surface area is 206 Å². The summed E-state index contributed by atoms with van der Waals surface area (Å²) in [6.45, 7) is 4.06. The van der Waals surface area contributed by atoms with E-state index in [0.717, 1.165) is 61.3 Å². The Hall–Kier alpha value is -3.22. The number of aromatic nitrogens is 2. The van der Waals surface area contributed by atoms with Crippen LogP contribution in [-0.2, 0) is 31.2 Å². The molecule has 1 amide bonds. The van der Waals surface area contributed by atoms with Gasteiger partial charge in [0.05, 0.1) is 6.20 Å². The second kappa shape index (κ2) is 10.2. The minimum atomic E-state index is -2.58. The Kier molecular flexibility index (Phi) is 7.24. The van der Waals surface area contributed by atoms with Crippen molar-refractivity contribution in [3.8, 4) is 11.1 Å². The maximum Gasteiger partial charge on any atom is 0.264 e. The van der Waals surface area contributed by atoms with Crippen LogP contribution in [0.4, 0.5) is 20.2 Å². The molecule has 3 aromatic rings. The molecule has 0 saturated heterocycles. The van der Waals surface area contributed by atoms with Gasteiger partial charge < -0.3 is 9.80 Å². The van der Waals surface area contributed by atoms with Gasteiger partial charge in [-0.25, -0.2) is 8.78 Å². The van der Waals surface area contributed by atoms with E-state index in [4.69, 9.17) is 0 Å². The van der Waals surface area contributed by atoms with Crippen LogP contribution in [0.5, 0.6) is 0 Å². The van der Waals surface area contributed by atoms with Gasteiger partial charge in [0.2, 0.25) is 5.91 Å². The molecule has 7 heteroatoms. The van der Waals surface area contributed by atoms with Gasteiger partial charge in [0, 0.05) is 61.8 Å². The summed E-state index contributed by atoms with van der Waals surface area (Å²) >= 11 is 0. The van der Waals surface area contributed by atoms with E-state index >= 15 is 0 Å². The summed E-state index contributed by atoms with van der Waals surface area (Å²) in [4.78, 5) is 16.5. The molecule has 1 aromatic heterocycles. The molecule has 0 saturated carbocycles. The minimum absolute atomic E-state index is 0. The molecule has 0 fully saturated rings. The molecule has 0 unspecified atom stereocenters. The van der Waals surface area contributed by atoms with E-state index in [2.05, 4.69) is 28.2 Å². The minimum Gasteiger partial charge on any atom is -0.341 e. The van der Waals surface area contributed by atoms with Gasteiger partial charge in [0.1, 0.15) is 0 Å². The highest BCUT2D eigenvalue weighted by atomic mass is 19.3. The van der Waals surface area contributed by atoms with E-state index in [1.54, 1.807) is 30.2 Å². The Morgan fingerprint density at radius 3 is 2.54 bits per heavy atom. The zero-order valence-electron chi connectivity index (χ0n) is 19.7. The SMILES string of the molecule is C.CCC(=O)N1CCCc2ccc(N3CCCc4cc(-c5cnn(C)c5)c(C(F)F)cc43)cc2C1. The quantitative estimate of drug-likeness (QED) is 0.432. The van der Waals surface area contributed by atoms with Gasteiger partial charge in [-0.05, 0) is 72.2 Å². The van der Waals surface area contributed by atoms with Crippen molar-refractivity contribution in [1.82, 2.24) is 14.7 Å². The number of benzene rings is 2. The number of halogens is 2. The lowest BCUT2D eigenvalue weighted by atomic mass is 9.92. The maximum atomic E-state index is 14.2. The average molecular weight is 481 g/mol. The summed E-state index contributed by atoms with van der Waals surface area (Å²) < 4.78 is 30.0. The highest BCUT2D eigenvalue weighted by Crippen LogP contribution is 2.41. The number of nitrogens with zero attached hydrogens (tertiary/aromatic N) is 4. The molecule has 2 aliphatic heterocycles. The van der Waals surface area contributed by atoms with Crippen LogP contribution in [0.25, 0.3) is 11.1 Å². The first kappa shape index (κ1) is 24.9. The fraction of sp³-hybridized carbons (Fsp3) is 0.429. The molecule has 0 spiro atoms. The molecule has 5 nitrogen and oxygen atoms in total. The zero-order chi connectivity index (χ0) is 23.8. The lowest BCUT2D eigenvalue weighted by Crippen LogP contribution is -2.30. The summed E-state index contributed by atoms with van der Waals surface area (Å²) in [6.07, 6.45) is 5.06. The molecule has 0 N–H and O–H groups in total. The standard InChI is InChI=1S/C27H30F2N4O.CH4/c1-3-26(34)32-10-4-6-18-8-9-22(12-20(18)17-32)33-11-5-7-19-13-23(21-15-30-31(2)16-21)24(27(28)29)14-25(19)33;/h8-9,12-16,27H,3-7,10-11,17H2,1-2H3;1H4. The van der Waals surface area contributed by atoms with Gasteiger partial charge in [0.25, 0.3) is 6.43 Å².